The molecule has 2 amide bonds. The van der Waals surface area contributed by atoms with Crippen LogP contribution in [0.25, 0.3) is 0 Å². The zero-order chi connectivity index (χ0) is 19.2. The SMILES string of the molecule is COc1ccc(CC(=O)Nc2cc(C)ccc2NC(=O)c2cccs2)cc1. The van der Waals surface area contributed by atoms with Crippen LogP contribution in [0.3, 0.4) is 0 Å². The summed E-state index contributed by atoms with van der Waals surface area (Å²) in [5.74, 6) is 0.397. The van der Waals surface area contributed by atoms with Crippen molar-refractivity contribution >= 4 is 34.5 Å². The normalized spacial score (nSPS) is 10.3. The van der Waals surface area contributed by atoms with Crippen LogP contribution in [0.15, 0.2) is 60.0 Å². The molecule has 0 spiro atoms. The molecule has 1 heterocycles. The Kier molecular flexibility index (Phi) is 5.88. The van der Waals surface area contributed by atoms with Gasteiger partial charge in [-0.25, -0.2) is 0 Å². The quantitative estimate of drug-likeness (QED) is 0.662. The topological polar surface area (TPSA) is 67.4 Å². The monoisotopic (exact) mass is 380 g/mol. The molecule has 0 saturated carbocycles. The van der Waals surface area contributed by atoms with Gasteiger partial charge >= 0.3 is 0 Å². The molecule has 3 rings (SSSR count). The lowest BCUT2D eigenvalue weighted by Crippen LogP contribution is -2.17. The standard InChI is InChI=1S/C21H20N2O3S/c1-14-5-10-17(23-21(25)19-4-3-11-27-19)18(12-14)22-20(24)13-15-6-8-16(26-2)9-7-15/h3-12H,13H2,1-2H3,(H,22,24)(H,23,25). The molecule has 1 aromatic heterocycles. The van der Waals surface area contributed by atoms with Gasteiger partial charge in [0.05, 0.1) is 29.8 Å². The number of rotatable bonds is 6. The van der Waals surface area contributed by atoms with Gasteiger partial charge in [-0.3, -0.25) is 9.59 Å². The van der Waals surface area contributed by atoms with Gasteiger partial charge < -0.3 is 15.4 Å². The van der Waals surface area contributed by atoms with Crippen molar-refractivity contribution in [1.82, 2.24) is 0 Å². The van der Waals surface area contributed by atoms with Gasteiger partial charge in [-0.1, -0.05) is 24.3 Å². The van der Waals surface area contributed by atoms with Gasteiger partial charge in [0, 0.05) is 0 Å². The van der Waals surface area contributed by atoms with Gasteiger partial charge in [0.15, 0.2) is 0 Å². The van der Waals surface area contributed by atoms with Crippen LogP contribution in [0.4, 0.5) is 11.4 Å². The Balaban J connectivity index is 1.72. The average Bonchev–Trinajstić information content (AvgIpc) is 3.19. The van der Waals surface area contributed by atoms with E-state index in [1.54, 1.807) is 19.2 Å². The summed E-state index contributed by atoms with van der Waals surface area (Å²) < 4.78 is 5.13. The van der Waals surface area contributed by atoms with Crippen molar-refractivity contribution in [2.24, 2.45) is 0 Å². The van der Waals surface area contributed by atoms with Crippen molar-refractivity contribution in [2.45, 2.75) is 13.3 Å². The molecule has 2 aromatic carbocycles. The number of thiophene rings is 1. The highest BCUT2D eigenvalue weighted by atomic mass is 32.1. The lowest BCUT2D eigenvalue weighted by atomic mass is 10.1. The van der Waals surface area contributed by atoms with Gasteiger partial charge in [0.1, 0.15) is 5.75 Å². The number of benzene rings is 2. The second kappa shape index (κ2) is 8.51. The Bertz CT molecular complexity index is 935. The molecular weight excluding hydrogens is 360 g/mol. The number of carbonyl (C=O) groups is 2. The third-order valence-corrected chi connectivity index (χ3v) is 4.83. The lowest BCUT2D eigenvalue weighted by Gasteiger charge is -2.13. The maximum Gasteiger partial charge on any atom is 0.265 e. The minimum absolute atomic E-state index is 0.155. The van der Waals surface area contributed by atoms with Crippen LogP contribution >= 0.6 is 11.3 Å². The van der Waals surface area contributed by atoms with E-state index in [-0.39, 0.29) is 18.2 Å². The van der Waals surface area contributed by atoms with Crippen LogP contribution in [-0.4, -0.2) is 18.9 Å². The first-order chi connectivity index (χ1) is 13.0. The van der Waals surface area contributed by atoms with E-state index in [9.17, 15) is 9.59 Å². The van der Waals surface area contributed by atoms with Crippen LogP contribution in [0.2, 0.25) is 0 Å². The maximum absolute atomic E-state index is 12.5. The smallest absolute Gasteiger partial charge is 0.265 e. The Morgan fingerprint density at radius 2 is 1.78 bits per heavy atom. The number of carbonyl (C=O) groups excluding carboxylic acids is 2. The first kappa shape index (κ1) is 18.7. The van der Waals surface area contributed by atoms with Crippen LogP contribution in [0.1, 0.15) is 20.8 Å². The summed E-state index contributed by atoms with van der Waals surface area (Å²) in [6.45, 7) is 1.93. The molecule has 0 aliphatic heterocycles. The Morgan fingerprint density at radius 1 is 1.00 bits per heavy atom. The summed E-state index contributed by atoms with van der Waals surface area (Å²) in [4.78, 5) is 25.4. The van der Waals surface area contributed by atoms with Crippen molar-refractivity contribution in [3.63, 3.8) is 0 Å². The van der Waals surface area contributed by atoms with Crippen molar-refractivity contribution in [3.8, 4) is 5.75 Å². The highest BCUT2D eigenvalue weighted by Gasteiger charge is 2.12. The summed E-state index contributed by atoms with van der Waals surface area (Å²) in [5, 5.41) is 7.61. The largest absolute Gasteiger partial charge is 0.497 e. The van der Waals surface area contributed by atoms with Crippen molar-refractivity contribution in [1.29, 1.82) is 0 Å². The third kappa shape index (κ3) is 4.95. The molecule has 5 nitrogen and oxygen atoms in total. The van der Waals surface area contributed by atoms with E-state index in [2.05, 4.69) is 10.6 Å². The van der Waals surface area contributed by atoms with Crippen LogP contribution < -0.4 is 15.4 Å². The fourth-order valence-electron chi connectivity index (χ4n) is 2.59. The number of hydrogen-bond donors (Lipinski definition) is 2. The summed E-state index contributed by atoms with van der Waals surface area (Å²) in [6.07, 6.45) is 0.232. The van der Waals surface area contributed by atoms with E-state index in [1.165, 1.54) is 11.3 Å². The summed E-state index contributed by atoms with van der Waals surface area (Å²) >= 11 is 1.37. The fourth-order valence-corrected chi connectivity index (χ4v) is 3.20. The number of anilines is 2. The van der Waals surface area contributed by atoms with Crippen molar-refractivity contribution in [3.05, 3.63) is 76.0 Å². The van der Waals surface area contributed by atoms with Crippen LogP contribution in [-0.2, 0) is 11.2 Å². The molecule has 6 heteroatoms. The molecule has 0 unspecified atom stereocenters. The highest BCUT2D eigenvalue weighted by Crippen LogP contribution is 2.25. The number of methoxy groups -OCH3 is 1. The number of aryl methyl sites for hydroxylation is 1. The molecular formula is C21H20N2O3S. The Labute approximate surface area is 162 Å². The zero-order valence-electron chi connectivity index (χ0n) is 15.1. The van der Waals surface area contributed by atoms with E-state index in [4.69, 9.17) is 4.74 Å². The molecule has 0 atom stereocenters. The summed E-state index contributed by atoms with van der Waals surface area (Å²) in [5.41, 5.74) is 3.02. The average molecular weight is 380 g/mol. The van der Waals surface area contributed by atoms with Gasteiger partial charge in [0.25, 0.3) is 5.91 Å². The molecule has 138 valence electrons. The molecule has 0 bridgehead atoms. The minimum atomic E-state index is -0.195. The minimum Gasteiger partial charge on any atom is -0.497 e. The van der Waals surface area contributed by atoms with E-state index in [0.29, 0.717) is 16.3 Å². The van der Waals surface area contributed by atoms with Crippen LogP contribution in [0.5, 0.6) is 5.75 Å². The summed E-state index contributed by atoms with van der Waals surface area (Å²) in [7, 11) is 1.60. The van der Waals surface area contributed by atoms with E-state index in [0.717, 1.165) is 16.9 Å². The lowest BCUT2D eigenvalue weighted by molar-refractivity contribution is -0.115. The van der Waals surface area contributed by atoms with E-state index in [1.807, 2.05) is 54.8 Å². The second-order valence-electron chi connectivity index (χ2n) is 6.05. The Hall–Kier alpha value is -3.12. The van der Waals surface area contributed by atoms with Crippen molar-refractivity contribution in [2.75, 3.05) is 17.7 Å². The second-order valence-corrected chi connectivity index (χ2v) is 7.00. The predicted octanol–water partition coefficient (Wildman–Crippen LogP) is 4.50. The predicted molar refractivity (Wildman–Crippen MR) is 109 cm³/mol. The summed E-state index contributed by atoms with van der Waals surface area (Å²) in [6, 6.07) is 16.5. The number of nitrogens with one attached hydrogen (secondary N) is 2. The van der Waals surface area contributed by atoms with Gasteiger partial charge in [-0.05, 0) is 53.8 Å². The molecule has 0 radical (unpaired) electrons. The first-order valence-electron chi connectivity index (χ1n) is 8.43. The van der Waals surface area contributed by atoms with Crippen molar-refractivity contribution < 1.29 is 14.3 Å². The molecule has 0 fully saturated rings. The third-order valence-electron chi connectivity index (χ3n) is 3.97. The Morgan fingerprint density at radius 3 is 2.44 bits per heavy atom. The molecule has 27 heavy (non-hydrogen) atoms. The molecule has 2 N–H and O–H groups in total. The number of amides is 2. The maximum atomic E-state index is 12.5. The van der Waals surface area contributed by atoms with E-state index >= 15 is 0 Å². The number of ether oxygens (including phenoxy) is 1. The zero-order valence-corrected chi connectivity index (χ0v) is 15.9. The van der Waals surface area contributed by atoms with Gasteiger partial charge in [0.2, 0.25) is 5.91 Å². The molecule has 0 aliphatic rings. The molecule has 3 aromatic rings. The molecule has 0 saturated heterocycles. The first-order valence-corrected chi connectivity index (χ1v) is 9.31. The fraction of sp³-hybridized carbons (Fsp3) is 0.143. The number of hydrogen-bond acceptors (Lipinski definition) is 4. The molecule has 0 aliphatic carbocycles. The van der Waals surface area contributed by atoms with Crippen LogP contribution in [0, 0.1) is 6.92 Å². The van der Waals surface area contributed by atoms with Gasteiger partial charge in [-0.2, -0.15) is 0 Å². The van der Waals surface area contributed by atoms with E-state index < -0.39 is 0 Å². The van der Waals surface area contributed by atoms with Gasteiger partial charge in [-0.15, -0.1) is 11.3 Å². The highest BCUT2D eigenvalue weighted by molar-refractivity contribution is 7.12.